The molecule has 0 heterocycles. The lowest BCUT2D eigenvalue weighted by Gasteiger charge is -2.35. The molecule has 0 aromatic rings. The molecule has 3 saturated carbocycles. The van der Waals surface area contributed by atoms with Crippen LogP contribution < -0.4 is 0 Å². The fraction of sp³-hybridized carbons (Fsp3) is 0.929. The Hall–Kier alpha value is -0.0500. The summed E-state index contributed by atoms with van der Waals surface area (Å²) >= 11 is 3.76. The van der Waals surface area contributed by atoms with Crippen molar-refractivity contribution in [3.8, 4) is 0 Å². The minimum atomic E-state index is 0.398. The number of hydrogen-bond donors (Lipinski definition) is 0. The van der Waals surface area contributed by atoms with Crippen molar-refractivity contribution in [1.82, 2.24) is 4.90 Å². The molecule has 3 heteroatoms. The predicted molar refractivity (Wildman–Crippen MR) is 72.1 cm³/mol. The van der Waals surface area contributed by atoms with Crippen molar-refractivity contribution in [2.24, 2.45) is 17.8 Å². The van der Waals surface area contributed by atoms with E-state index in [1.807, 2.05) is 7.05 Å². The van der Waals surface area contributed by atoms with E-state index in [-0.39, 0.29) is 0 Å². The normalized spacial score (nSPS) is 44.2. The molecule has 1 amide bonds. The summed E-state index contributed by atoms with van der Waals surface area (Å²) in [5, 5.41) is 0. The first-order valence-corrected chi connectivity index (χ1v) is 8.02. The van der Waals surface area contributed by atoms with E-state index in [0.29, 0.717) is 22.7 Å². The van der Waals surface area contributed by atoms with Crippen molar-refractivity contribution in [2.45, 2.75) is 55.8 Å². The van der Waals surface area contributed by atoms with E-state index in [1.54, 1.807) is 0 Å². The summed E-state index contributed by atoms with van der Waals surface area (Å²) in [5.74, 6) is 2.34. The summed E-state index contributed by atoms with van der Waals surface area (Å²) in [5.41, 5.74) is 0. The molecule has 0 aromatic carbocycles. The second-order valence-corrected chi connectivity index (χ2v) is 7.28. The second kappa shape index (κ2) is 4.56. The smallest absolute Gasteiger partial charge is 0.226 e. The van der Waals surface area contributed by atoms with Crippen molar-refractivity contribution in [3.05, 3.63) is 0 Å². The fourth-order valence-electron chi connectivity index (χ4n) is 4.09. The summed E-state index contributed by atoms with van der Waals surface area (Å²) in [6, 6.07) is 0.442. The lowest BCUT2D eigenvalue weighted by molar-refractivity contribution is -0.134. The number of carbonyl (C=O) groups excluding carboxylic acids is 1. The number of halogens is 1. The van der Waals surface area contributed by atoms with Crippen molar-refractivity contribution < 1.29 is 4.79 Å². The lowest BCUT2D eigenvalue weighted by atomic mass is 9.94. The van der Waals surface area contributed by atoms with Gasteiger partial charge < -0.3 is 4.90 Å². The molecule has 3 aliphatic rings. The van der Waals surface area contributed by atoms with Crippen molar-refractivity contribution >= 4 is 21.8 Å². The molecule has 0 bridgehead atoms. The van der Waals surface area contributed by atoms with Gasteiger partial charge >= 0.3 is 0 Å². The van der Waals surface area contributed by atoms with Crippen molar-refractivity contribution in [1.29, 1.82) is 0 Å². The van der Waals surface area contributed by atoms with Gasteiger partial charge in [0.2, 0.25) is 5.91 Å². The van der Waals surface area contributed by atoms with Gasteiger partial charge in [-0.3, -0.25) is 4.79 Å². The number of carbonyl (C=O) groups is 1. The summed E-state index contributed by atoms with van der Waals surface area (Å²) < 4.78 is 0. The van der Waals surface area contributed by atoms with Crippen LogP contribution in [0.2, 0.25) is 0 Å². The standard InChI is InChI=1S/C14H22BrNO/c1-16(12-8-3-2-7-11(12)15)14(17)13-9-5-4-6-10(9)13/h9-13H,2-8H2,1H3. The zero-order valence-corrected chi connectivity index (χ0v) is 12.2. The van der Waals surface area contributed by atoms with Gasteiger partial charge in [0.25, 0.3) is 0 Å². The third kappa shape index (κ3) is 2.05. The number of alkyl halides is 1. The Labute approximate surface area is 112 Å². The third-order valence-corrected chi connectivity index (χ3v) is 6.25. The maximum absolute atomic E-state index is 12.5. The number of nitrogens with zero attached hydrogens (tertiary/aromatic N) is 1. The molecule has 0 saturated heterocycles. The number of rotatable bonds is 2. The zero-order chi connectivity index (χ0) is 12.0. The van der Waals surface area contributed by atoms with E-state index < -0.39 is 0 Å². The van der Waals surface area contributed by atoms with Gasteiger partial charge in [-0.1, -0.05) is 35.2 Å². The van der Waals surface area contributed by atoms with Gasteiger partial charge in [-0.25, -0.2) is 0 Å². The quantitative estimate of drug-likeness (QED) is 0.717. The molecule has 2 nitrogen and oxygen atoms in total. The van der Waals surface area contributed by atoms with Gasteiger partial charge in [-0.05, 0) is 37.5 Å². The highest BCUT2D eigenvalue weighted by Crippen LogP contribution is 2.58. The molecule has 0 radical (unpaired) electrons. The van der Waals surface area contributed by atoms with Gasteiger partial charge in [-0.2, -0.15) is 0 Å². The zero-order valence-electron chi connectivity index (χ0n) is 10.6. The molecule has 3 fully saturated rings. The first-order valence-electron chi connectivity index (χ1n) is 7.11. The summed E-state index contributed by atoms with van der Waals surface area (Å²) in [7, 11) is 2.03. The maximum atomic E-state index is 12.5. The molecule has 3 rings (SSSR count). The van der Waals surface area contributed by atoms with Crippen LogP contribution in [0, 0.1) is 17.8 Å². The highest BCUT2D eigenvalue weighted by atomic mass is 79.9. The Kier molecular flexibility index (Phi) is 3.22. The molecule has 0 aromatic heterocycles. The molecule has 17 heavy (non-hydrogen) atoms. The van der Waals surface area contributed by atoms with Crippen LogP contribution in [-0.2, 0) is 4.79 Å². The summed E-state index contributed by atoms with van der Waals surface area (Å²) in [6.45, 7) is 0. The van der Waals surface area contributed by atoms with Crippen LogP contribution in [0.4, 0.5) is 0 Å². The molecule has 0 N–H and O–H groups in total. The van der Waals surface area contributed by atoms with Crippen LogP contribution in [0.1, 0.15) is 44.9 Å². The number of hydrogen-bond acceptors (Lipinski definition) is 1. The third-order valence-electron chi connectivity index (χ3n) is 5.18. The van der Waals surface area contributed by atoms with Gasteiger partial charge in [0, 0.05) is 23.8 Å². The molecule has 4 unspecified atom stereocenters. The Morgan fingerprint density at radius 3 is 2.35 bits per heavy atom. The Morgan fingerprint density at radius 1 is 1.06 bits per heavy atom. The van der Waals surface area contributed by atoms with Gasteiger partial charge in [0.1, 0.15) is 0 Å². The summed E-state index contributed by atoms with van der Waals surface area (Å²) in [6.07, 6.45) is 8.95. The Bertz CT molecular complexity index is 309. The maximum Gasteiger partial charge on any atom is 0.226 e. The fourth-order valence-corrected chi connectivity index (χ4v) is 5.03. The van der Waals surface area contributed by atoms with E-state index in [0.717, 1.165) is 11.8 Å². The first kappa shape index (κ1) is 12.0. The van der Waals surface area contributed by atoms with E-state index in [4.69, 9.17) is 0 Å². The first-order chi connectivity index (χ1) is 8.20. The number of fused-ring (bicyclic) bond motifs is 1. The van der Waals surface area contributed by atoms with Gasteiger partial charge in [-0.15, -0.1) is 0 Å². The van der Waals surface area contributed by atoms with E-state index in [1.165, 1.54) is 44.9 Å². The van der Waals surface area contributed by atoms with E-state index in [2.05, 4.69) is 20.8 Å². The lowest BCUT2D eigenvalue weighted by Crippen LogP contribution is -2.45. The molecular weight excluding hydrogens is 278 g/mol. The number of amides is 1. The van der Waals surface area contributed by atoms with Crippen LogP contribution in [0.15, 0.2) is 0 Å². The monoisotopic (exact) mass is 299 g/mol. The van der Waals surface area contributed by atoms with Crippen LogP contribution in [0.5, 0.6) is 0 Å². The van der Waals surface area contributed by atoms with E-state index >= 15 is 0 Å². The van der Waals surface area contributed by atoms with Crippen molar-refractivity contribution in [3.63, 3.8) is 0 Å². The average Bonchev–Trinajstić information content (AvgIpc) is 2.81. The minimum absolute atomic E-state index is 0.398. The second-order valence-electron chi connectivity index (χ2n) is 6.10. The van der Waals surface area contributed by atoms with Gasteiger partial charge in [0.15, 0.2) is 0 Å². The van der Waals surface area contributed by atoms with Crippen LogP contribution in [-0.4, -0.2) is 28.7 Å². The van der Waals surface area contributed by atoms with Crippen molar-refractivity contribution in [2.75, 3.05) is 7.05 Å². The van der Waals surface area contributed by atoms with Crippen LogP contribution in [0.25, 0.3) is 0 Å². The molecule has 0 spiro atoms. The molecule has 0 aliphatic heterocycles. The Morgan fingerprint density at radius 2 is 1.71 bits per heavy atom. The van der Waals surface area contributed by atoms with Gasteiger partial charge in [0.05, 0.1) is 0 Å². The van der Waals surface area contributed by atoms with Crippen LogP contribution >= 0.6 is 15.9 Å². The van der Waals surface area contributed by atoms with Crippen LogP contribution in [0.3, 0.4) is 0 Å². The minimum Gasteiger partial charge on any atom is -0.341 e. The topological polar surface area (TPSA) is 20.3 Å². The SMILES string of the molecule is CN(C(=O)C1C2CCCC21)C1CCCCC1Br. The molecule has 3 aliphatic carbocycles. The molecular formula is C14H22BrNO. The largest absolute Gasteiger partial charge is 0.341 e. The summed E-state index contributed by atoms with van der Waals surface area (Å²) in [4.78, 5) is 15.1. The van der Waals surface area contributed by atoms with E-state index in [9.17, 15) is 4.79 Å². The highest BCUT2D eigenvalue weighted by molar-refractivity contribution is 9.09. The molecule has 96 valence electrons. The predicted octanol–water partition coefficient (Wildman–Crippen LogP) is 3.20. The highest BCUT2D eigenvalue weighted by Gasteiger charge is 2.57. The average molecular weight is 300 g/mol. The Balaban J connectivity index is 1.61. The molecule has 4 atom stereocenters.